The number of nitrogens with one attached hydrogen (secondary N) is 2. The molecule has 1 amide bonds. The summed E-state index contributed by atoms with van der Waals surface area (Å²) in [5.74, 6) is 0.0135. The lowest BCUT2D eigenvalue weighted by Gasteiger charge is -2.32. The van der Waals surface area contributed by atoms with Gasteiger partial charge in [-0.3, -0.25) is 4.79 Å². The minimum absolute atomic E-state index is 0.0135. The first-order chi connectivity index (χ1) is 8.35. The van der Waals surface area contributed by atoms with Crippen molar-refractivity contribution in [3.63, 3.8) is 0 Å². The Morgan fingerprint density at radius 3 is 2.56 bits per heavy atom. The van der Waals surface area contributed by atoms with Gasteiger partial charge in [-0.05, 0) is 40.0 Å². The molecule has 3 N–H and O–H groups in total. The molecule has 3 unspecified atom stereocenters. The molecule has 0 aromatic rings. The van der Waals surface area contributed by atoms with E-state index in [9.17, 15) is 9.90 Å². The van der Waals surface area contributed by atoms with Crippen LogP contribution in [0, 0.1) is 0 Å². The molecule has 1 fully saturated rings. The highest BCUT2D eigenvalue weighted by Crippen LogP contribution is 2.18. The van der Waals surface area contributed by atoms with Gasteiger partial charge in [0.15, 0.2) is 0 Å². The van der Waals surface area contributed by atoms with E-state index in [2.05, 4.69) is 17.6 Å². The van der Waals surface area contributed by atoms with Crippen molar-refractivity contribution < 1.29 is 9.90 Å². The van der Waals surface area contributed by atoms with Crippen LogP contribution < -0.4 is 10.6 Å². The number of aliphatic hydroxyl groups excluding tert-OH is 1. The summed E-state index contributed by atoms with van der Waals surface area (Å²) >= 11 is 0. The Morgan fingerprint density at radius 1 is 1.39 bits per heavy atom. The second-order valence-corrected chi connectivity index (χ2v) is 6.07. The van der Waals surface area contributed by atoms with Crippen molar-refractivity contribution >= 4 is 5.91 Å². The Balaban J connectivity index is 2.44. The van der Waals surface area contributed by atoms with Crippen LogP contribution in [-0.2, 0) is 4.79 Å². The summed E-state index contributed by atoms with van der Waals surface area (Å²) in [4.78, 5) is 12.0. The van der Waals surface area contributed by atoms with Crippen molar-refractivity contribution in [1.82, 2.24) is 10.6 Å². The van der Waals surface area contributed by atoms with Gasteiger partial charge in [0.2, 0.25) is 5.91 Å². The van der Waals surface area contributed by atoms with Crippen molar-refractivity contribution in [3.8, 4) is 0 Å². The summed E-state index contributed by atoms with van der Waals surface area (Å²) in [6.45, 7) is 7.96. The molecule has 0 radical (unpaired) electrons. The van der Waals surface area contributed by atoms with Crippen LogP contribution in [0.2, 0.25) is 0 Å². The maximum Gasteiger partial charge on any atom is 0.237 e. The summed E-state index contributed by atoms with van der Waals surface area (Å²) in [6.07, 6.45) is 4.60. The van der Waals surface area contributed by atoms with Crippen molar-refractivity contribution in [2.75, 3.05) is 0 Å². The summed E-state index contributed by atoms with van der Waals surface area (Å²) in [6, 6.07) is -0.196. The molecule has 4 nitrogen and oxygen atoms in total. The van der Waals surface area contributed by atoms with E-state index in [-0.39, 0.29) is 29.6 Å². The van der Waals surface area contributed by atoms with E-state index in [1.807, 2.05) is 20.8 Å². The first-order valence-corrected chi connectivity index (χ1v) is 7.12. The Labute approximate surface area is 111 Å². The average molecular weight is 256 g/mol. The van der Waals surface area contributed by atoms with Crippen LogP contribution in [0.4, 0.5) is 0 Å². The minimum atomic E-state index is -0.312. The number of carbonyl (C=O) groups excluding carboxylic acids is 1. The Bertz CT molecular complexity index is 279. The number of aliphatic hydroxyl groups is 1. The van der Waals surface area contributed by atoms with Crippen LogP contribution in [0.5, 0.6) is 0 Å². The fourth-order valence-electron chi connectivity index (χ4n) is 2.23. The Morgan fingerprint density at radius 2 is 2.00 bits per heavy atom. The number of hydrogen-bond acceptors (Lipinski definition) is 3. The molecule has 0 bridgehead atoms. The molecule has 106 valence electrons. The van der Waals surface area contributed by atoms with Gasteiger partial charge in [-0.25, -0.2) is 0 Å². The smallest absolute Gasteiger partial charge is 0.237 e. The number of rotatable bonds is 5. The van der Waals surface area contributed by atoms with Crippen LogP contribution in [-0.4, -0.2) is 34.7 Å². The number of amides is 1. The quantitative estimate of drug-likeness (QED) is 0.700. The van der Waals surface area contributed by atoms with E-state index in [4.69, 9.17) is 0 Å². The van der Waals surface area contributed by atoms with Crippen LogP contribution >= 0.6 is 0 Å². The zero-order chi connectivity index (χ0) is 13.8. The average Bonchev–Trinajstić information content (AvgIpc) is 2.31. The third kappa shape index (κ3) is 4.58. The molecule has 1 saturated carbocycles. The van der Waals surface area contributed by atoms with Gasteiger partial charge in [0.1, 0.15) is 0 Å². The van der Waals surface area contributed by atoms with E-state index in [1.165, 1.54) is 0 Å². The minimum Gasteiger partial charge on any atom is -0.392 e. The van der Waals surface area contributed by atoms with Gasteiger partial charge in [-0.2, -0.15) is 0 Å². The molecule has 4 heteroatoms. The van der Waals surface area contributed by atoms with E-state index < -0.39 is 0 Å². The van der Waals surface area contributed by atoms with Crippen molar-refractivity contribution in [2.24, 2.45) is 0 Å². The van der Waals surface area contributed by atoms with Gasteiger partial charge in [0.25, 0.3) is 0 Å². The fraction of sp³-hybridized carbons (Fsp3) is 0.929. The van der Waals surface area contributed by atoms with Gasteiger partial charge in [0, 0.05) is 11.6 Å². The fourth-order valence-corrected chi connectivity index (χ4v) is 2.23. The first kappa shape index (κ1) is 15.4. The van der Waals surface area contributed by atoms with Crippen LogP contribution in [0.1, 0.15) is 59.8 Å². The zero-order valence-corrected chi connectivity index (χ0v) is 12.1. The van der Waals surface area contributed by atoms with Gasteiger partial charge in [-0.1, -0.05) is 19.8 Å². The Kier molecular flexibility index (Phi) is 5.60. The molecule has 0 spiro atoms. The van der Waals surface area contributed by atoms with E-state index in [0.717, 1.165) is 32.1 Å². The standard InChI is InChI=1S/C14H28N2O2/c1-5-14(3,4)16-13(18)10(2)15-11-8-6-7-9-12(11)17/h10-12,15,17H,5-9H2,1-4H3,(H,16,18). The summed E-state index contributed by atoms with van der Waals surface area (Å²) < 4.78 is 0. The third-order valence-electron chi connectivity index (χ3n) is 3.93. The van der Waals surface area contributed by atoms with Crippen molar-refractivity contribution in [1.29, 1.82) is 0 Å². The lowest BCUT2D eigenvalue weighted by molar-refractivity contribution is -0.124. The maximum atomic E-state index is 12.0. The molecular formula is C14H28N2O2. The molecular weight excluding hydrogens is 228 g/mol. The lowest BCUT2D eigenvalue weighted by Crippen LogP contribution is -2.55. The molecule has 0 heterocycles. The summed E-state index contributed by atoms with van der Waals surface area (Å²) in [5.41, 5.74) is -0.168. The maximum absolute atomic E-state index is 12.0. The van der Waals surface area contributed by atoms with Crippen molar-refractivity contribution in [2.45, 2.75) is 83.5 Å². The predicted octanol–water partition coefficient (Wildman–Crippen LogP) is 1.57. The highest BCUT2D eigenvalue weighted by atomic mass is 16.3. The lowest BCUT2D eigenvalue weighted by atomic mass is 9.92. The molecule has 1 aliphatic rings. The van der Waals surface area contributed by atoms with E-state index in [1.54, 1.807) is 0 Å². The van der Waals surface area contributed by atoms with E-state index >= 15 is 0 Å². The number of hydrogen-bond donors (Lipinski definition) is 3. The number of carbonyl (C=O) groups is 1. The topological polar surface area (TPSA) is 61.4 Å². The molecule has 1 aliphatic carbocycles. The van der Waals surface area contributed by atoms with Crippen LogP contribution in [0.3, 0.4) is 0 Å². The zero-order valence-electron chi connectivity index (χ0n) is 12.1. The molecule has 3 atom stereocenters. The monoisotopic (exact) mass is 256 g/mol. The van der Waals surface area contributed by atoms with Gasteiger partial charge in [0.05, 0.1) is 12.1 Å². The van der Waals surface area contributed by atoms with Crippen LogP contribution in [0.25, 0.3) is 0 Å². The summed E-state index contributed by atoms with van der Waals surface area (Å²) in [7, 11) is 0. The molecule has 0 saturated heterocycles. The molecule has 0 aliphatic heterocycles. The van der Waals surface area contributed by atoms with Gasteiger partial charge in [-0.15, -0.1) is 0 Å². The normalized spacial score (nSPS) is 26.7. The highest BCUT2D eigenvalue weighted by molar-refractivity contribution is 5.82. The van der Waals surface area contributed by atoms with E-state index in [0.29, 0.717) is 0 Å². The molecule has 1 rings (SSSR count). The Hall–Kier alpha value is -0.610. The van der Waals surface area contributed by atoms with Gasteiger partial charge >= 0.3 is 0 Å². The first-order valence-electron chi connectivity index (χ1n) is 7.12. The third-order valence-corrected chi connectivity index (χ3v) is 3.93. The van der Waals surface area contributed by atoms with Crippen molar-refractivity contribution in [3.05, 3.63) is 0 Å². The van der Waals surface area contributed by atoms with Gasteiger partial charge < -0.3 is 15.7 Å². The van der Waals surface area contributed by atoms with Crippen LogP contribution in [0.15, 0.2) is 0 Å². The molecule has 0 aromatic heterocycles. The molecule has 0 aromatic carbocycles. The second kappa shape index (κ2) is 6.53. The highest BCUT2D eigenvalue weighted by Gasteiger charge is 2.28. The largest absolute Gasteiger partial charge is 0.392 e. The second-order valence-electron chi connectivity index (χ2n) is 6.07. The SMILES string of the molecule is CCC(C)(C)NC(=O)C(C)NC1CCCCC1O. The molecule has 18 heavy (non-hydrogen) atoms. The summed E-state index contributed by atoms with van der Waals surface area (Å²) in [5, 5.41) is 16.2. The predicted molar refractivity (Wildman–Crippen MR) is 73.4 cm³/mol.